The fourth-order valence-electron chi connectivity index (χ4n) is 2.42. The van der Waals surface area contributed by atoms with Gasteiger partial charge < -0.3 is 49.2 Å². The summed E-state index contributed by atoms with van der Waals surface area (Å²) in [7, 11) is 0. The van der Waals surface area contributed by atoms with Crippen molar-refractivity contribution in [2.75, 3.05) is 59.5 Å². The number of hydrogen-bond donors (Lipinski definition) is 5. The van der Waals surface area contributed by atoms with Crippen molar-refractivity contribution in [1.29, 1.82) is 0 Å². The Morgan fingerprint density at radius 2 is 1.12 bits per heavy atom. The van der Waals surface area contributed by atoms with E-state index in [1.807, 2.05) is 0 Å². The minimum absolute atomic E-state index is 0.000880. The SMILES string of the molecule is C=C(C)C(=O)OCC(O)CO.C=C(C)C(=O)OCCOC(=O)CCCCCO.C=C(C)C(=O)OCCOCCC(C)O.C=CC(=O)CCCO. The van der Waals surface area contributed by atoms with E-state index in [9.17, 15) is 24.0 Å². The maximum Gasteiger partial charge on any atom is 0.333 e. The van der Waals surface area contributed by atoms with Crippen molar-refractivity contribution in [3.05, 3.63) is 49.1 Å². The number of ketones is 1. The first-order valence-electron chi connectivity index (χ1n) is 16.1. The monoisotopic (exact) mass is 720 g/mol. The average Bonchev–Trinajstić information content (AvgIpc) is 3.07. The maximum absolute atomic E-state index is 11.1. The third kappa shape index (κ3) is 44.3. The van der Waals surface area contributed by atoms with Gasteiger partial charge in [0.25, 0.3) is 0 Å². The molecule has 2 atom stereocenters. The van der Waals surface area contributed by atoms with Crippen LogP contribution in [0, 0.1) is 0 Å². The molecule has 15 nitrogen and oxygen atoms in total. The van der Waals surface area contributed by atoms with Crippen LogP contribution in [0.4, 0.5) is 0 Å². The lowest BCUT2D eigenvalue weighted by Crippen LogP contribution is -2.22. The van der Waals surface area contributed by atoms with Gasteiger partial charge in [0.1, 0.15) is 32.5 Å². The topological polar surface area (TPSA) is 233 Å². The van der Waals surface area contributed by atoms with Crippen LogP contribution >= 0.6 is 0 Å². The lowest BCUT2D eigenvalue weighted by Gasteiger charge is -2.07. The molecule has 0 aliphatic carbocycles. The minimum atomic E-state index is -1.00. The lowest BCUT2D eigenvalue weighted by molar-refractivity contribution is -0.150. The molecule has 0 aliphatic rings. The van der Waals surface area contributed by atoms with Gasteiger partial charge in [0.15, 0.2) is 5.78 Å². The maximum atomic E-state index is 11.1. The second-order valence-electron chi connectivity index (χ2n) is 10.6. The number of hydrogen-bond acceptors (Lipinski definition) is 15. The quantitative estimate of drug-likeness (QED) is 0.0416. The van der Waals surface area contributed by atoms with Crippen LogP contribution in [0.3, 0.4) is 0 Å². The number of rotatable bonds is 24. The number of aliphatic hydroxyl groups excluding tert-OH is 5. The molecule has 0 aromatic carbocycles. The molecule has 0 heterocycles. The van der Waals surface area contributed by atoms with Crippen molar-refractivity contribution in [1.82, 2.24) is 0 Å². The van der Waals surface area contributed by atoms with E-state index >= 15 is 0 Å². The number of allylic oxidation sites excluding steroid dienone is 1. The first kappa shape index (κ1) is 53.1. The third-order valence-corrected chi connectivity index (χ3v) is 5.23. The molecule has 50 heavy (non-hydrogen) atoms. The van der Waals surface area contributed by atoms with Crippen LogP contribution < -0.4 is 0 Å². The van der Waals surface area contributed by atoms with Crippen molar-refractivity contribution < 1.29 is 73.2 Å². The van der Waals surface area contributed by atoms with Gasteiger partial charge in [0.2, 0.25) is 0 Å². The van der Waals surface area contributed by atoms with Gasteiger partial charge in [-0.05, 0) is 59.5 Å². The lowest BCUT2D eigenvalue weighted by atomic mass is 10.2. The van der Waals surface area contributed by atoms with Crippen LogP contribution in [0.15, 0.2) is 49.1 Å². The molecule has 0 aliphatic heterocycles. The van der Waals surface area contributed by atoms with Crippen molar-refractivity contribution in [3.63, 3.8) is 0 Å². The number of aliphatic hydroxyl groups is 5. The van der Waals surface area contributed by atoms with E-state index in [1.54, 1.807) is 20.8 Å². The molecule has 0 bridgehead atoms. The first-order valence-corrected chi connectivity index (χ1v) is 16.1. The van der Waals surface area contributed by atoms with E-state index in [1.165, 1.54) is 13.0 Å². The summed E-state index contributed by atoms with van der Waals surface area (Å²) in [5.74, 6) is -1.75. The summed E-state index contributed by atoms with van der Waals surface area (Å²) in [4.78, 5) is 53.9. The Kier molecular flexibility index (Phi) is 40.4. The molecule has 0 aromatic heterocycles. The molecular formula is C35H60O15. The van der Waals surface area contributed by atoms with Crippen LogP contribution in [-0.4, -0.2) is 127 Å². The molecule has 5 N–H and O–H groups in total. The van der Waals surface area contributed by atoms with Crippen molar-refractivity contribution >= 4 is 29.7 Å². The molecule has 2 unspecified atom stereocenters. The predicted octanol–water partition coefficient (Wildman–Crippen LogP) is 2.07. The van der Waals surface area contributed by atoms with Crippen molar-refractivity contribution in [2.24, 2.45) is 0 Å². The van der Waals surface area contributed by atoms with Gasteiger partial charge in [-0.1, -0.05) is 32.7 Å². The average molecular weight is 721 g/mol. The highest BCUT2D eigenvalue weighted by Gasteiger charge is 2.08. The molecular weight excluding hydrogens is 660 g/mol. The van der Waals surface area contributed by atoms with Crippen LogP contribution in [0.1, 0.15) is 72.6 Å². The molecule has 0 spiro atoms. The molecule has 0 saturated heterocycles. The number of carbonyl (C=O) groups excluding carboxylic acids is 5. The highest BCUT2D eigenvalue weighted by molar-refractivity contribution is 5.89. The number of esters is 4. The molecule has 0 saturated carbocycles. The predicted molar refractivity (Wildman–Crippen MR) is 186 cm³/mol. The Morgan fingerprint density at radius 1 is 0.640 bits per heavy atom. The summed E-state index contributed by atoms with van der Waals surface area (Å²) in [5, 5.41) is 42.7. The van der Waals surface area contributed by atoms with Gasteiger partial charge in [-0.2, -0.15) is 0 Å². The molecule has 15 heteroatoms. The van der Waals surface area contributed by atoms with E-state index in [4.69, 9.17) is 44.5 Å². The zero-order valence-electron chi connectivity index (χ0n) is 30.2. The van der Waals surface area contributed by atoms with E-state index < -0.39 is 30.6 Å². The van der Waals surface area contributed by atoms with Gasteiger partial charge in [-0.15, -0.1) is 0 Å². The van der Waals surface area contributed by atoms with Gasteiger partial charge >= 0.3 is 23.9 Å². The molecule has 0 radical (unpaired) electrons. The summed E-state index contributed by atoms with van der Waals surface area (Å²) in [5.41, 5.74) is 0.976. The Bertz CT molecular complexity index is 989. The summed E-state index contributed by atoms with van der Waals surface area (Å²) in [6, 6.07) is 0. The number of carbonyl (C=O) groups is 5. The summed E-state index contributed by atoms with van der Waals surface area (Å²) in [6.45, 7) is 20.6. The largest absolute Gasteiger partial charge is 0.462 e. The molecule has 0 fully saturated rings. The van der Waals surface area contributed by atoms with Crippen LogP contribution in [0.5, 0.6) is 0 Å². The Labute approximate surface area is 296 Å². The van der Waals surface area contributed by atoms with E-state index in [-0.39, 0.29) is 63.1 Å². The van der Waals surface area contributed by atoms with E-state index in [2.05, 4.69) is 31.1 Å². The van der Waals surface area contributed by atoms with E-state index in [0.29, 0.717) is 62.9 Å². The molecule has 290 valence electrons. The van der Waals surface area contributed by atoms with Crippen LogP contribution in [0.2, 0.25) is 0 Å². The fraction of sp³-hybridized carbons (Fsp3) is 0.629. The van der Waals surface area contributed by atoms with Crippen LogP contribution in [0.25, 0.3) is 0 Å². The second kappa shape index (κ2) is 38.1. The Morgan fingerprint density at radius 3 is 1.56 bits per heavy atom. The molecule has 0 rings (SSSR count). The zero-order chi connectivity index (χ0) is 39.3. The molecule has 0 amide bonds. The fourth-order valence-corrected chi connectivity index (χ4v) is 2.42. The first-order chi connectivity index (χ1) is 23.5. The van der Waals surface area contributed by atoms with Gasteiger partial charge in [-0.25, -0.2) is 14.4 Å². The Balaban J connectivity index is -0.000000292. The van der Waals surface area contributed by atoms with Gasteiger partial charge in [0, 0.05) is 49.4 Å². The normalized spacial score (nSPS) is 10.8. The standard InChI is InChI=1S/C12H20O5.C10H18O4.C7H12O4.C6H10O2/c1-10(2)12(15)17-9-8-16-11(14)6-4-3-5-7-13;1-8(2)10(12)14-7-6-13-5-4-9(3)11;1-5(2)7(10)11-4-6(9)3-8;1-2-6(8)4-3-5-7/h13H,1,3-9H2,2H3;9,11H,1,4-7H2,2-3H3;6,8-9H,1,3-4H2,2H3;2,7H,1,3-5H2. The van der Waals surface area contributed by atoms with Crippen molar-refractivity contribution in [2.45, 2.75) is 84.8 Å². The van der Waals surface area contributed by atoms with E-state index in [0.717, 1.165) is 6.42 Å². The second-order valence-corrected chi connectivity index (χ2v) is 10.6. The highest BCUT2D eigenvalue weighted by atomic mass is 16.6. The smallest absolute Gasteiger partial charge is 0.333 e. The van der Waals surface area contributed by atoms with Crippen LogP contribution in [-0.2, 0) is 47.7 Å². The summed E-state index contributed by atoms with van der Waals surface area (Å²) >= 11 is 0. The summed E-state index contributed by atoms with van der Waals surface area (Å²) < 4.78 is 24.0. The highest BCUT2D eigenvalue weighted by Crippen LogP contribution is 2.01. The van der Waals surface area contributed by atoms with Gasteiger partial charge in [0.05, 0.1) is 19.3 Å². The molecule has 0 aromatic rings. The number of unbranched alkanes of at least 4 members (excludes halogenated alkanes) is 2. The minimum Gasteiger partial charge on any atom is -0.462 e. The zero-order valence-corrected chi connectivity index (χ0v) is 30.2. The number of ether oxygens (including phenoxy) is 5. The third-order valence-electron chi connectivity index (χ3n) is 5.23. The van der Waals surface area contributed by atoms with Gasteiger partial charge in [-0.3, -0.25) is 9.59 Å². The van der Waals surface area contributed by atoms with Crippen molar-refractivity contribution in [3.8, 4) is 0 Å². The summed E-state index contributed by atoms with van der Waals surface area (Å²) in [6.07, 6.45) is 4.00. The Hall–Kier alpha value is -3.73.